The third-order valence-electron chi connectivity index (χ3n) is 12.2. The molecule has 4 heterocycles. The first-order valence-corrected chi connectivity index (χ1v) is 16.6. The Kier molecular flexibility index (Phi) is 33.8. The molecule has 58 heavy (non-hydrogen) atoms. The molecule has 2 aromatic carbocycles. The van der Waals surface area contributed by atoms with E-state index in [1.165, 1.54) is 39.0 Å². The van der Waals surface area contributed by atoms with Crippen LogP contribution >= 0.6 is 0 Å². The Hall–Kier alpha value is 6.84. The Morgan fingerprint density at radius 1 is 0.552 bits per heavy atom. The minimum atomic E-state index is -1.85. The van der Waals surface area contributed by atoms with Crippen molar-refractivity contribution in [3.05, 3.63) is 133 Å². The molecule has 0 amide bonds. The van der Waals surface area contributed by atoms with Gasteiger partial charge in [0.25, 0.3) is 0 Å². The molecule has 0 fully saturated rings. The minimum Gasteiger partial charge on any atom is -0.484 e. The number of aromatic nitrogens is 2. The molecule has 0 spiro atoms. The van der Waals surface area contributed by atoms with Crippen LogP contribution in [0.5, 0.6) is 0 Å². The predicted octanol–water partition coefficient (Wildman–Crippen LogP) is 5.34. The van der Waals surface area contributed by atoms with Gasteiger partial charge in [0, 0.05) is 338 Å². The Morgan fingerprint density at radius 2 is 0.897 bits per heavy atom. The summed E-state index contributed by atoms with van der Waals surface area (Å²) in [6, 6.07) is 22.9. The van der Waals surface area contributed by atoms with Crippen LogP contribution in [0.15, 0.2) is 58.1 Å². The van der Waals surface area contributed by atoms with Gasteiger partial charge in [-0.1, -0.05) is 100 Å². The van der Waals surface area contributed by atoms with E-state index in [4.69, 9.17) is 0 Å². The van der Waals surface area contributed by atoms with Gasteiger partial charge in [-0.3, -0.25) is 0 Å². The van der Waals surface area contributed by atoms with Gasteiger partial charge in [0.15, 0.2) is 0 Å². The summed E-state index contributed by atoms with van der Waals surface area (Å²) in [6.45, 7) is 19.4. The molecule has 4 aliphatic rings. The summed E-state index contributed by atoms with van der Waals surface area (Å²) in [6.07, 6.45) is 7.90. The van der Waals surface area contributed by atoms with E-state index >= 15 is 0 Å². The molecule has 8 rings (SSSR count). The van der Waals surface area contributed by atoms with Crippen LogP contribution in [0, 0.1) is 42.3 Å². The Bertz CT molecular complexity index is 2260. The molecule has 0 bridgehead atoms. The van der Waals surface area contributed by atoms with Gasteiger partial charge in [0.1, 0.15) is 0 Å². The molecule has 2 N–H and O–H groups in total. The van der Waals surface area contributed by atoms with Crippen molar-refractivity contribution in [3.8, 4) is 0 Å². The quantitative estimate of drug-likeness (QED) is 0.199. The molecule has 6 nitrogen and oxygen atoms in total. The number of rotatable bonds is 1. The van der Waals surface area contributed by atoms with Crippen molar-refractivity contribution >= 4 is 34.9 Å². The molecule has 17 heteroatoms. The van der Waals surface area contributed by atoms with Gasteiger partial charge < -0.3 is 28.8 Å². The first-order valence-electron chi connectivity index (χ1n) is 16.6. The number of hydrogen-bond donors (Lipinski definition) is 2. The van der Waals surface area contributed by atoms with E-state index in [1.807, 2.05) is 23.6 Å². The van der Waals surface area contributed by atoms with E-state index in [2.05, 4.69) is 121 Å². The van der Waals surface area contributed by atoms with Crippen molar-refractivity contribution in [1.29, 1.82) is 0 Å². The fourth-order valence-corrected chi connectivity index (χ4v) is 8.15. The Morgan fingerprint density at radius 3 is 1.28 bits per heavy atom. The summed E-state index contributed by atoms with van der Waals surface area (Å²) in [5.74, 6) is 0. The molecule has 0 unspecified atom stereocenters. The fourth-order valence-electron chi connectivity index (χ4n) is 8.15. The van der Waals surface area contributed by atoms with Crippen molar-refractivity contribution in [2.24, 2.45) is 10.8 Å². The van der Waals surface area contributed by atoms with Crippen molar-refractivity contribution in [1.82, 2.24) is 9.13 Å². The summed E-state index contributed by atoms with van der Waals surface area (Å²) in [5, 5.41) is 19.0. The zero-order valence-corrected chi connectivity index (χ0v) is 63.4. The molecule has 10 radical (unpaired) electrons. The van der Waals surface area contributed by atoms with Gasteiger partial charge in [-0.15, -0.1) is 6.92 Å². The third-order valence-corrected chi connectivity index (χ3v) is 12.2. The SMILES string of the molecule is CC1(C)C2=C(Cc3ccccc32)c2[c-]c(=O)c(B(O)O)[c-]n2C1(C)C.Cc1[c-]n2c([c-]c1=O)C1=C(c3ccccc3C1)C(C)(C)C2(C)C.[Y].[Y].[Y].[Y].[Y].[Y].[Y].[Y].[Y].[Y]. The molecular formula is C41H41BN2O4Y10-4. The first kappa shape index (κ1) is 71.4. The summed E-state index contributed by atoms with van der Waals surface area (Å²) < 4.78 is 4.02. The van der Waals surface area contributed by atoms with Crippen LogP contribution in [0.25, 0.3) is 22.3 Å². The Labute approximate surface area is 597 Å². The molecule has 2 aliphatic carbocycles. The van der Waals surface area contributed by atoms with E-state index in [9.17, 15) is 19.6 Å². The van der Waals surface area contributed by atoms with Crippen LogP contribution in [0.2, 0.25) is 0 Å². The van der Waals surface area contributed by atoms with E-state index in [0.29, 0.717) is 11.3 Å². The number of hydrogen-bond acceptors (Lipinski definition) is 4. The zero-order chi connectivity index (χ0) is 34.7. The smallest absolute Gasteiger partial charge is 0.392 e. The zero-order valence-electron chi connectivity index (χ0n) is 35.0. The second-order valence-corrected chi connectivity index (χ2v) is 15.7. The van der Waals surface area contributed by atoms with Gasteiger partial charge in [0.2, 0.25) is 0 Å². The van der Waals surface area contributed by atoms with Crippen molar-refractivity contribution in [2.75, 3.05) is 0 Å². The summed E-state index contributed by atoms with van der Waals surface area (Å²) in [7, 11) is -1.85. The largest absolute Gasteiger partial charge is 0.484 e. The molecule has 2 aliphatic heterocycles. The van der Waals surface area contributed by atoms with E-state index in [0.717, 1.165) is 24.1 Å². The van der Waals surface area contributed by atoms with Crippen LogP contribution in [0.1, 0.15) is 94.6 Å². The molecule has 0 atom stereocenters. The number of fused-ring (bicyclic) bond motifs is 8. The minimum absolute atomic E-state index is 0. The summed E-state index contributed by atoms with van der Waals surface area (Å²) in [5.41, 5.74) is 10.7. The topological polar surface area (TPSA) is 84.5 Å². The van der Waals surface area contributed by atoms with Crippen LogP contribution in [0.3, 0.4) is 0 Å². The second-order valence-electron chi connectivity index (χ2n) is 15.7. The fraction of sp³-hybridized carbons (Fsp3) is 0.366. The molecule has 2 aromatic heterocycles. The maximum Gasteiger partial charge on any atom is 0.392 e. The van der Waals surface area contributed by atoms with E-state index in [-0.39, 0.29) is 354 Å². The molecule has 4 aromatic rings. The number of aryl methyl sites for hydroxylation is 1. The molecule has 276 valence electrons. The third kappa shape index (κ3) is 12.5. The normalized spacial score (nSPS) is 16.3. The van der Waals surface area contributed by atoms with Gasteiger partial charge in [-0.2, -0.15) is 40.4 Å². The van der Waals surface area contributed by atoms with Gasteiger partial charge in [-0.05, 0) is 71.6 Å². The summed E-state index contributed by atoms with van der Waals surface area (Å²) >= 11 is 0. The number of nitrogens with zero attached hydrogens (tertiary/aromatic N) is 2. The molecule has 0 saturated carbocycles. The maximum atomic E-state index is 12.3. The number of allylic oxidation sites excluding steroid dienone is 4. The standard InChI is InChI=1S/C21H21NO.C20H20BNO3.10Y/c1-13-12-22-17(11-18(13)23)16-10-14-8-6-7-9-15(14)19(16)20(2,3)21(22,4)5;1-19(2)18-13-8-6-5-7-12(13)9-14(18)16-10-17(23)15(21(24)25)11-22(16)20(19,3)4;;;;;;;;;;/h6-9H,10H2,1-5H3;5-8,24-25H,9H2,1-4H3;;;;;;;;;;/q2*-2;;;;;;;;;;. The van der Waals surface area contributed by atoms with Gasteiger partial charge >= 0.3 is 7.12 Å². The van der Waals surface area contributed by atoms with Gasteiger partial charge in [-0.25, -0.2) is 17.7 Å². The van der Waals surface area contributed by atoms with Crippen LogP contribution in [-0.4, -0.2) is 26.3 Å². The predicted molar refractivity (Wildman–Crippen MR) is 191 cm³/mol. The van der Waals surface area contributed by atoms with Crippen LogP contribution in [-0.2, 0) is 351 Å². The average molecular weight is 1530 g/mol. The number of benzene rings is 2. The molecule has 0 saturated heterocycles. The van der Waals surface area contributed by atoms with Crippen LogP contribution in [0.4, 0.5) is 0 Å². The van der Waals surface area contributed by atoms with Crippen molar-refractivity contribution < 1.29 is 337 Å². The molecular weight excluding hydrogens is 1480 g/mol. The van der Waals surface area contributed by atoms with E-state index < -0.39 is 18.1 Å². The first-order chi connectivity index (χ1) is 22.4. The number of pyridine rings is 2. The van der Waals surface area contributed by atoms with Crippen LogP contribution < -0.4 is 16.3 Å². The van der Waals surface area contributed by atoms with Crippen molar-refractivity contribution in [3.63, 3.8) is 0 Å². The second kappa shape index (κ2) is 27.4. The van der Waals surface area contributed by atoms with Crippen molar-refractivity contribution in [2.45, 2.75) is 86.2 Å². The average Bonchev–Trinajstić information content (AvgIpc) is 3.61. The monoisotopic (exact) mass is 1530 g/mol. The maximum absolute atomic E-state index is 12.3. The Balaban J connectivity index is -0.000000430. The van der Waals surface area contributed by atoms with Gasteiger partial charge in [0.05, 0.1) is 0 Å². The van der Waals surface area contributed by atoms with E-state index in [1.54, 1.807) is 0 Å². The summed E-state index contributed by atoms with van der Waals surface area (Å²) in [4.78, 5) is 24.5.